The molecule has 0 fully saturated rings. The Bertz CT molecular complexity index is 627. The molecule has 7 heteroatoms. The molecule has 0 saturated carbocycles. The van der Waals surface area contributed by atoms with Crippen LogP contribution in [0.2, 0.25) is 0 Å². The van der Waals surface area contributed by atoms with Gasteiger partial charge in [-0.05, 0) is 47.6 Å². The van der Waals surface area contributed by atoms with E-state index in [9.17, 15) is 18.3 Å². The van der Waals surface area contributed by atoms with Crippen molar-refractivity contribution in [3.05, 3.63) is 15.8 Å². The molecule has 2 N–H and O–H groups in total. The van der Waals surface area contributed by atoms with Crippen molar-refractivity contribution in [2.24, 2.45) is 5.41 Å². The summed E-state index contributed by atoms with van der Waals surface area (Å²) < 4.78 is 27.4. The Hall–Kier alpha value is -0.920. The van der Waals surface area contributed by atoms with Gasteiger partial charge in [0.25, 0.3) is 0 Å². The van der Waals surface area contributed by atoms with Crippen molar-refractivity contribution >= 4 is 27.3 Å². The van der Waals surface area contributed by atoms with E-state index in [2.05, 4.69) is 4.72 Å². The van der Waals surface area contributed by atoms with Crippen molar-refractivity contribution in [3.8, 4) is 0 Å². The molecule has 0 saturated heterocycles. The molecule has 20 heavy (non-hydrogen) atoms. The predicted molar refractivity (Wildman–Crippen MR) is 79.6 cm³/mol. The molecule has 0 aromatic carbocycles. The van der Waals surface area contributed by atoms with Crippen molar-refractivity contribution in [2.45, 2.75) is 52.0 Å². The molecule has 0 unspecified atom stereocenters. The highest BCUT2D eigenvalue weighted by Crippen LogP contribution is 2.33. The van der Waals surface area contributed by atoms with Gasteiger partial charge < -0.3 is 5.11 Å². The first-order chi connectivity index (χ1) is 8.81. The third-order valence-electron chi connectivity index (χ3n) is 3.77. The van der Waals surface area contributed by atoms with E-state index in [0.717, 1.165) is 4.88 Å². The molecule has 0 radical (unpaired) electrons. The molecule has 0 aliphatic rings. The quantitative estimate of drug-likeness (QED) is 0.873. The molecule has 5 nitrogen and oxygen atoms in total. The second-order valence-electron chi connectivity index (χ2n) is 5.94. The van der Waals surface area contributed by atoms with Crippen molar-refractivity contribution in [2.75, 3.05) is 0 Å². The third-order valence-corrected chi connectivity index (χ3v) is 6.65. The lowest BCUT2D eigenvalue weighted by Crippen LogP contribution is -2.56. The standard InChI is InChI=1S/C13H21NO4S2/c1-8-7-10(9(2)19-8)20(17,18)14-13(5,6)12(3,4)11(15)16/h7,14H,1-6H3,(H,15,16). The molecule has 0 aliphatic heterocycles. The minimum atomic E-state index is -3.75. The van der Waals surface area contributed by atoms with Crippen LogP contribution in [0.25, 0.3) is 0 Å². The zero-order valence-corrected chi connectivity index (χ0v) is 14.2. The van der Waals surface area contributed by atoms with E-state index in [1.165, 1.54) is 25.2 Å². The normalized spacial score (nSPS) is 13.5. The van der Waals surface area contributed by atoms with Crippen molar-refractivity contribution < 1.29 is 18.3 Å². The second-order valence-corrected chi connectivity index (χ2v) is 9.05. The lowest BCUT2D eigenvalue weighted by molar-refractivity contribution is -0.150. The number of thiophene rings is 1. The molecule has 1 rings (SSSR count). The summed E-state index contributed by atoms with van der Waals surface area (Å²) in [5.74, 6) is -1.05. The molecule has 1 heterocycles. The van der Waals surface area contributed by atoms with E-state index < -0.39 is 26.9 Å². The fourth-order valence-electron chi connectivity index (χ4n) is 1.66. The number of carbonyl (C=O) groups is 1. The maximum Gasteiger partial charge on any atom is 0.310 e. The predicted octanol–water partition coefficient (Wildman–Crippen LogP) is 2.53. The Balaban J connectivity index is 3.21. The smallest absolute Gasteiger partial charge is 0.310 e. The van der Waals surface area contributed by atoms with E-state index in [-0.39, 0.29) is 4.90 Å². The van der Waals surface area contributed by atoms with Gasteiger partial charge in [0.05, 0.1) is 10.3 Å². The minimum absolute atomic E-state index is 0.217. The van der Waals surface area contributed by atoms with Gasteiger partial charge in [0.15, 0.2) is 0 Å². The fraction of sp³-hybridized carbons (Fsp3) is 0.615. The average molecular weight is 319 g/mol. The van der Waals surface area contributed by atoms with E-state index in [1.807, 2.05) is 6.92 Å². The Morgan fingerprint density at radius 2 is 1.75 bits per heavy atom. The maximum atomic E-state index is 12.5. The Labute approximate surface area is 124 Å². The summed E-state index contributed by atoms with van der Waals surface area (Å²) >= 11 is 1.40. The Kier molecular flexibility index (Phi) is 4.39. The van der Waals surface area contributed by atoms with Crippen molar-refractivity contribution in [1.82, 2.24) is 4.72 Å². The Morgan fingerprint density at radius 1 is 1.25 bits per heavy atom. The topological polar surface area (TPSA) is 83.5 Å². The summed E-state index contributed by atoms with van der Waals surface area (Å²) in [4.78, 5) is 13.1. The van der Waals surface area contributed by atoms with Gasteiger partial charge in [-0.15, -0.1) is 11.3 Å². The van der Waals surface area contributed by atoms with Crippen LogP contribution in [0, 0.1) is 19.3 Å². The summed E-state index contributed by atoms with van der Waals surface area (Å²) in [6.07, 6.45) is 0. The second kappa shape index (κ2) is 5.13. The van der Waals surface area contributed by atoms with Crippen LogP contribution in [-0.4, -0.2) is 25.0 Å². The van der Waals surface area contributed by atoms with Crippen LogP contribution in [0.1, 0.15) is 37.4 Å². The number of sulfonamides is 1. The number of hydrogen-bond acceptors (Lipinski definition) is 4. The van der Waals surface area contributed by atoms with Gasteiger partial charge in [-0.3, -0.25) is 4.79 Å². The number of carboxylic acid groups (broad SMARTS) is 1. The number of hydrogen-bond donors (Lipinski definition) is 2. The van der Waals surface area contributed by atoms with Crippen LogP contribution in [0.5, 0.6) is 0 Å². The number of nitrogens with one attached hydrogen (secondary N) is 1. The molecule has 1 aromatic rings. The van der Waals surface area contributed by atoms with Gasteiger partial charge in [-0.25, -0.2) is 13.1 Å². The number of aliphatic carboxylic acids is 1. The fourth-order valence-corrected chi connectivity index (χ4v) is 4.76. The minimum Gasteiger partial charge on any atom is -0.481 e. The number of rotatable bonds is 5. The first-order valence-corrected chi connectivity index (χ1v) is 8.45. The molecule has 0 spiro atoms. The summed E-state index contributed by atoms with van der Waals surface area (Å²) in [5, 5.41) is 9.27. The average Bonchev–Trinajstić information content (AvgIpc) is 2.56. The number of carboxylic acids is 1. The highest BCUT2D eigenvalue weighted by Gasteiger charge is 2.46. The molecule has 0 atom stereocenters. The molecule has 0 amide bonds. The lowest BCUT2D eigenvalue weighted by Gasteiger charge is -2.38. The summed E-state index contributed by atoms with van der Waals surface area (Å²) in [6.45, 7) is 9.73. The van der Waals surface area contributed by atoms with Gasteiger partial charge in [-0.2, -0.15) is 0 Å². The van der Waals surface area contributed by atoms with E-state index in [0.29, 0.717) is 4.88 Å². The van der Waals surface area contributed by atoms with E-state index >= 15 is 0 Å². The van der Waals surface area contributed by atoms with Gasteiger partial charge >= 0.3 is 5.97 Å². The van der Waals surface area contributed by atoms with Gasteiger partial charge in [0.1, 0.15) is 0 Å². The van der Waals surface area contributed by atoms with Gasteiger partial charge in [0, 0.05) is 15.3 Å². The molecular formula is C13H21NO4S2. The molecule has 114 valence electrons. The third kappa shape index (κ3) is 3.05. The molecule has 0 aliphatic carbocycles. The summed E-state index contributed by atoms with van der Waals surface area (Å²) in [7, 11) is -3.75. The molecule has 0 bridgehead atoms. The monoisotopic (exact) mass is 319 g/mol. The molecule has 1 aromatic heterocycles. The molecular weight excluding hydrogens is 298 g/mol. The van der Waals surface area contributed by atoms with E-state index in [4.69, 9.17) is 0 Å². The van der Waals surface area contributed by atoms with Crippen LogP contribution >= 0.6 is 11.3 Å². The summed E-state index contributed by atoms with van der Waals surface area (Å²) in [5.41, 5.74) is -2.36. The lowest BCUT2D eigenvalue weighted by atomic mass is 9.75. The van der Waals surface area contributed by atoms with Gasteiger partial charge in [0.2, 0.25) is 10.0 Å². The maximum absolute atomic E-state index is 12.5. The zero-order chi connectivity index (χ0) is 15.9. The Morgan fingerprint density at radius 3 is 2.10 bits per heavy atom. The van der Waals surface area contributed by atoms with E-state index in [1.54, 1.807) is 26.8 Å². The first-order valence-electron chi connectivity index (χ1n) is 6.15. The highest BCUT2D eigenvalue weighted by molar-refractivity contribution is 7.89. The van der Waals surface area contributed by atoms with Crippen LogP contribution in [0.15, 0.2) is 11.0 Å². The van der Waals surface area contributed by atoms with Crippen LogP contribution in [-0.2, 0) is 14.8 Å². The SMILES string of the molecule is Cc1cc(S(=O)(=O)NC(C)(C)C(C)(C)C(=O)O)c(C)s1. The van der Waals surface area contributed by atoms with Gasteiger partial charge in [-0.1, -0.05) is 0 Å². The van der Waals surface area contributed by atoms with Crippen LogP contribution in [0.4, 0.5) is 0 Å². The van der Waals surface area contributed by atoms with Crippen LogP contribution in [0.3, 0.4) is 0 Å². The highest BCUT2D eigenvalue weighted by atomic mass is 32.2. The van der Waals surface area contributed by atoms with Crippen molar-refractivity contribution in [3.63, 3.8) is 0 Å². The number of aryl methyl sites for hydroxylation is 2. The largest absolute Gasteiger partial charge is 0.481 e. The zero-order valence-electron chi connectivity index (χ0n) is 12.6. The first kappa shape index (κ1) is 17.1. The summed E-state index contributed by atoms with van der Waals surface area (Å²) in [6, 6.07) is 1.60. The van der Waals surface area contributed by atoms with Crippen molar-refractivity contribution in [1.29, 1.82) is 0 Å². The van der Waals surface area contributed by atoms with Crippen LogP contribution < -0.4 is 4.72 Å².